The molecular formula is C16H18O5. The second-order valence-corrected chi connectivity index (χ2v) is 4.65. The summed E-state index contributed by atoms with van der Waals surface area (Å²) in [5.41, 5.74) is -0.422. The van der Waals surface area contributed by atoms with E-state index in [9.17, 15) is 14.4 Å². The van der Waals surface area contributed by atoms with Gasteiger partial charge in [-0.25, -0.2) is 9.59 Å². The molecule has 0 bridgehead atoms. The van der Waals surface area contributed by atoms with Crippen molar-refractivity contribution in [3.05, 3.63) is 48.0 Å². The molecule has 21 heavy (non-hydrogen) atoms. The molecule has 0 amide bonds. The van der Waals surface area contributed by atoms with Crippen LogP contribution in [0.5, 0.6) is 0 Å². The van der Waals surface area contributed by atoms with Crippen molar-refractivity contribution >= 4 is 17.7 Å². The highest BCUT2D eigenvalue weighted by molar-refractivity contribution is 6.37. The molecule has 1 unspecified atom stereocenters. The molecule has 5 nitrogen and oxygen atoms in total. The molecule has 5 heteroatoms. The summed E-state index contributed by atoms with van der Waals surface area (Å²) < 4.78 is 9.02. The van der Waals surface area contributed by atoms with Crippen molar-refractivity contribution in [1.82, 2.24) is 0 Å². The van der Waals surface area contributed by atoms with Crippen LogP contribution in [0.25, 0.3) is 0 Å². The molecular weight excluding hydrogens is 272 g/mol. The molecule has 0 aliphatic heterocycles. The Hall–Kier alpha value is -2.43. The molecule has 0 saturated carbocycles. The summed E-state index contributed by atoms with van der Waals surface area (Å²) in [5, 5.41) is 0. The lowest BCUT2D eigenvalue weighted by atomic mass is 9.75. The highest BCUT2D eigenvalue weighted by atomic mass is 16.5. The van der Waals surface area contributed by atoms with Gasteiger partial charge in [-0.3, -0.25) is 4.79 Å². The third-order valence-corrected chi connectivity index (χ3v) is 3.26. The standard InChI is InChI=1S/C16H18O5/c1-16(14(18)15(19)21-3,11-7-10-13(17)20-2)12-8-5-4-6-9-12/h4-10H,11H2,1-3H3/b10-7+. The Labute approximate surface area is 123 Å². The van der Waals surface area contributed by atoms with Gasteiger partial charge in [0.25, 0.3) is 5.78 Å². The van der Waals surface area contributed by atoms with Crippen LogP contribution in [0.2, 0.25) is 0 Å². The Morgan fingerprint density at radius 3 is 2.24 bits per heavy atom. The first-order valence-corrected chi connectivity index (χ1v) is 6.38. The number of benzene rings is 1. The van der Waals surface area contributed by atoms with E-state index < -0.39 is 23.1 Å². The molecule has 0 aromatic heterocycles. The van der Waals surface area contributed by atoms with Crippen LogP contribution in [0, 0.1) is 0 Å². The van der Waals surface area contributed by atoms with Crippen molar-refractivity contribution in [3.8, 4) is 0 Å². The molecule has 0 aliphatic rings. The van der Waals surface area contributed by atoms with Crippen molar-refractivity contribution in [3.63, 3.8) is 0 Å². The van der Waals surface area contributed by atoms with Crippen molar-refractivity contribution < 1.29 is 23.9 Å². The normalized spacial score (nSPS) is 13.5. The Bertz CT molecular complexity index is 547. The zero-order valence-corrected chi connectivity index (χ0v) is 12.3. The third-order valence-electron chi connectivity index (χ3n) is 3.26. The van der Waals surface area contributed by atoms with Gasteiger partial charge < -0.3 is 9.47 Å². The summed E-state index contributed by atoms with van der Waals surface area (Å²) in [5.74, 6) is -2.09. The van der Waals surface area contributed by atoms with E-state index in [0.717, 1.165) is 7.11 Å². The Morgan fingerprint density at radius 2 is 1.71 bits per heavy atom. The number of Topliss-reactive ketones (excluding diaryl/α,β-unsaturated/α-hetero) is 1. The molecule has 0 aliphatic carbocycles. The third kappa shape index (κ3) is 4.02. The molecule has 0 spiro atoms. The lowest BCUT2D eigenvalue weighted by molar-refractivity contribution is -0.154. The van der Waals surface area contributed by atoms with Gasteiger partial charge in [-0.05, 0) is 18.9 Å². The van der Waals surface area contributed by atoms with Gasteiger partial charge >= 0.3 is 11.9 Å². The molecule has 0 heterocycles. The maximum absolute atomic E-state index is 12.3. The smallest absolute Gasteiger partial charge is 0.375 e. The Kier molecular flexibility index (Phi) is 5.84. The monoisotopic (exact) mass is 290 g/mol. The molecule has 0 N–H and O–H groups in total. The fourth-order valence-corrected chi connectivity index (χ4v) is 1.92. The van der Waals surface area contributed by atoms with E-state index in [4.69, 9.17) is 0 Å². The summed E-state index contributed by atoms with van der Waals surface area (Å²) in [7, 11) is 2.43. The number of methoxy groups -OCH3 is 2. The topological polar surface area (TPSA) is 69.7 Å². The first kappa shape index (κ1) is 16.6. The molecule has 1 rings (SSSR count). The van der Waals surface area contributed by atoms with Gasteiger partial charge in [0.05, 0.1) is 19.6 Å². The fraction of sp³-hybridized carbons (Fsp3) is 0.312. The first-order chi connectivity index (χ1) is 9.95. The summed E-state index contributed by atoms with van der Waals surface area (Å²) >= 11 is 0. The molecule has 0 radical (unpaired) electrons. The second-order valence-electron chi connectivity index (χ2n) is 4.65. The maximum atomic E-state index is 12.3. The Balaban J connectivity index is 3.11. The van der Waals surface area contributed by atoms with E-state index >= 15 is 0 Å². The van der Waals surface area contributed by atoms with E-state index in [1.54, 1.807) is 31.2 Å². The van der Waals surface area contributed by atoms with Crippen LogP contribution in [-0.4, -0.2) is 31.9 Å². The van der Waals surface area contributed by atoms with Gasteiger partial charge in [0.1, 0.15) is 0 Å². The van der Waals surface area contributed by atoms with Gasteiger partial charge in [-0.1, -0.05) is 36.4 Å². The first-order valence-electron chi connectivity index (χ1n) is 6.38. The lowest BCUT2D eigenvalue weighted by Gasteiger charge is -2.26. The van der Waals surface area contributed by atoms with Crippen molar-refractivity contribution in [1.29, 1.82) is 0 Å². The zero-order chi connectivity index (χ0) is 15.9. The van der Waals surface area contributed by atoms with Crippen molar-refractivity contribution in [2.45, 2.75) is 18.8 Å². The zero-order valence-electron chi connectivity index (χ0n) is 12.3. The van der Waals surface area contributed by atoms with E-state index in [0.29, 0.717) is 5.56 Å². The van der Waals surface area contributed by atoms with E-state index in [2.05, 4.69) is 9.47 Å². The predicted octanol–water partition coefficient (Wildman–Crippen LogP) is 1.81. The van der Waals surface area contributed by atoms with E-state index in [1.165, 1.54) is 19.3 Å². The molecule has 1 atom stereocenters. The maximum Gasteiger partial charge on any atom is 0.375 e. The average molecular weight is 290 g/mol. The number of allylic oxidation sites excluding steroid dienone is 1. The number of esters is 2. The quantitative estimate of drug-likeness (QED) is 0.454. The van der Waals surface area contributed by atoms with Gasteiger partial charge in [0.15, 0.2) is 0 Å². The van der Waals surface area contributed by atoms with Crippen LogP contribution in [0.3, 0.4) is 0 Å². The fourth-order valence-electron chi connectivity index (χ4n) is 1.92. The van der Waals surface area contributed by atoms with Gasteiger partial charge in [0.2, 0.25) is 0 Å². The summed E-state index contributed by atoms with van der Waals surface area (Å²) in [6.07, 6.45) is 2.92. The van der Waals surface area contributed by atoms with Crippen LogP contribution in [0.15, 0.2) is 42.5 Å². The number of hydrogen-bond donors (Lipinski definition) is 0. The number of carbonyl (C=O) groups is 3. The average Bonchev–Trinajstić information content (AvgIpc) is 2.53. The lowest BCUT2D eigenvalue weighted by Crippen LogP contribution is -2.38. The number of hydrogen-bond acceptors (Lipinski definition) is 5. The predicted molar refractivity (Wildman–Crippen MR) is 76.6 cm³/mol. The van der Waals surface area contributed by atoms with Crippen molar-refractivity contribution in [2.24, 2.45) is 0 Å². The van der Waals surface area contributed by atoms with Crippen LogP contribution < -0.4 is 0 Å². The highest BCUT2D eigenvalue weighted by Gasteiger charge is 2.39. The minimum absolute atomic E-state index is 0.181. The van der Waals surface area contributed by atoms with E-state index in [-0.39, 0.29) is 6.42 Å². The summed E-state index contributed by atoms with van der Waals surface area (Å²) in [6.45, 7) is 1.64. The minimum Gasteiger partial charge on any atom is -0.466 e. The van der Waals surface area contributed by atoms with Crippen LogP contribution in [-0.2, 0) is 29.3 Å². The molecule has 112 valence electrons. The molecule has 0 saturated heterocycles. The molecule has 0 fully saturated rings. The SMILES string of the molecule is COC(=O)/C=C/CC(C)(C(=O)C(=O)OC)c1ccccc1. The van der Waals surface area contributed by atoms with Gasteiger partial charge in [0, 0.05) is 6.08 Å². The summed E-state index contributed by atoms with van der Waals surface area (Å²) in [6, 6.07) is 8.89. The molecule has 1 aromatic carbocycles. The van der Waals surface area contributed by atoms with Gasteiger partial charge in [-0.2, -0.15) is 0 Å². The van der Waals surface area contributed by atoms with Crippen LogP contribution >= 0.6 is 0 Å². The number of carbonyl (C=O) groups excluding carboxylic acids is 3. The largest absolute Gasteiger partial charge is 0.466 e. The highest BCUT2D eigenvalue weighted by Crippen LogP contribution is 2.29. The van der Waals surface area contributed by atoms with Crippen LogP contribution in [0.1, 0.15) is 18.9 Å². The van der Waals surface area contributed by atoms with Crippen LogP contribution in [0.4, 0.5) is 0 Å². The minimum atomic E-state index is -1.10. The number of rotatable bonds is 6. The summed E-state index contributed by atoms with van der Waals surface area (Å²) in [4.78, 5) is 35.0. The van der Waals surface area contributed by atoms with Gasteiger partial charge in [-0.15, -0.1) is 0 Å². The molecule has 1 aromatic rings. The van der Waals surface area contributed by atoms with E-state index in [1.807, 2.05) is 6.07 Å². The van der Waals surface area contributed by atoms with Crippen molar-refractivity contribution in [2.75, 3.05) is 14.2 Å². The number of ether oxygens (including phenoxy) is 2. The number of ketones is 1. The Morgan fingerprint density at radius 1 is 1.10 bits per heavy atom. The second kappa shape index (κ2) is 7.38.